The molecule has 1 saturated heterocycles. The van der Waals surface area contributed by atoms with Crippen LogP contribution in [0.3, 0.4) is 0 Å². The van der Waals surface area contributed by atoms with Gasteiger partial charge in [0.1, 0.15) is 5.75 Å². The number of hydrogen-bond acceptors (Lipinski definition) is 4. The van der Waals surface area contributed by atoms with Gasteiger partial charge in [-0.05, 0) is 37.1 Å². The van der Waals surface area contributed by atoms with Crippen LogP contribution in [-0.2, 0) is 0 Å². The molecule has 3 rings (SSSR count). The number of nitrogens with one attached hydrogen (secondary N) is 1. The van der Waals surface area contributed by atoms with E-state index in [4.69, 9.17) is 4.74 Å². The van der Waals surface area contributed by atoms with Gasteiger partial charge < -0.3 is 15.0 Å². The Morgan fingerprint density at radius 3 is 2.48 bits per heavy atom. The van der Waals surface area contributed by atoms with Gasteiger partial charge in [0.05, 0.1) is 12.7 Å². The minimum atomic E-state index is -0.142. The molecule has 2 aromatic rings. The van der Waals surface area contributed by atoms with Crippen LogP contribution in [0.2, 0.25) is 0 Å². The number of amides is 2. The van der Waals surface area contributed by atoms with E-state index >= 15 is 0 Å². The summed E-state index contributed by atoms with van der Waals surface area (Å²) < 4.78 is 5.23. The number of carbonyl (C=O) groups excluding carboxylic acids is 2. The molecule has 1 fully saturated rings. The topological polar surface area (TPSA) is 71.5 Å². The summed E-state index contributed by atoms with van der Waals surface area (Å²) in [5, 5.41) is 3.04. The van der Waals surface area contributed by atoms with Crippen LogP contribution in [0, 0.1) is 0 Å². The summed E-state index contributed by atoms with van der Waals surface area (Å²) in [6.07, 6.45) is 4.70. The molecule has 2 heterocycles. The van der Waals surface area contributed by atoms with Gasteiger partial charge in [-0.3, -0.25) is 14.6 Å². The molecule has 1 N–H and O–H groups in total. The van der Waals surface area contributed by atoms with Gasteiger partial charge in [-0.25, -0.2) is 0 Å². The number of likely N-dealkylation sites (tertiary alicyclic amines) is 1. The Hall–Kier alpha value is -2.89. The van der Waals surface area contributed by atoms with Crippen LogP contribution in [0.15, 0.2) is 48.8 Å². The lowest BCUT2D eigenvalue weighted by Gasteiger charge is -2.32. The molecule has 1 aliphatic rings. The van der Waals surface area contributed by atoms with Crippen molar-refractivity contribution >= 4 is 11.8 Å². The van der Waals surface area contributed by atoms with Crippen LogP contribution in [0.4, 0.5) is 0 Å². The fourth-order valence-electron chi connectivity index (χ4n) is 3.00. The smallest absolute Gasteiger partial charge is 0.255 e. The van der Waals surface area contributed by atoms with Crippen molar-refractivity contribution in [3.05, 3.63) is 59.9 Å². The van der Waals surface area contributed by atoms with Crippen molar-refractivity contribution < 1.29 is 14.3 Å². The second-order valence-electron chi connectivity index (χ2n) is 5.98. The summed E-state index contributed by atoms with van der Waals surface area (Å²) in [5.41, 5.74) is 1.17. The monoisotopic (exact) mass is 339 g/mol. The molecule has 1 aliphatic heterocycles. The van der Waals surface area contributed by atoms with E-state index < -0.39 is 0 Å². The van der Waals surface area contributed by atoms with Crippen molar-refractivity contribution in [2.75, 3.05) is 20.2 Å². The molecule has 6 nitrogen and oxygen atoms in total. The number of pyridine rings is 1. The van der Waals surface area contributed by atoms with E-state index in [0.717, 1.165) is 12.8 Å². The van der Waals surface area contributed by atoms with Crippen LogP contribution >= 0.6 is 0 Å². The van der Waals surface area contributed by atoms with E-state index in [1.54, 1.807) is 43.8 Å². The third kappa shape index (κ3) is 3.96. The van der Waals surface area contributed by atoms with E-state index in [1.807, 2.05) is 17.0 Å². The number of para-hydroxylation sites is 1. The largest absolute Gasteiger partial charge is 0.496 e. The fraction of sp³-hybridized carbons (Fsp3) is 0.316. The normalized spacial score (nSPS) is 14.8. The Labute approximate surface area is 146 Å². The highest BCUT2D eigenvalue weighted by Crippen LogP contribution is 2.19. The van der Waals surface area contributed by atoms with Crippen molar-refractivity contribution in [1.82, 2.24) is 15.2 Å². The summed E-state index contributed by atoms with van der Waals surface area (Å²) in [7, 11) is 1.55. The van der Waals surface area contributed by atoms with Gasteiger partial charge in [-0.15, -0.1) is 0 Å². The van der Waals surface area contributed by atoms with Crippen LogP contribution in [0.25, 0.3) is 0 Å². The number of nitrogens with zero attached hydrogens (tertiary/aromatic N) is 2. The Balaban J connectivity index is 1.56. The maximum atomic E-state index is 12.5. The summed E-state index contributed by atoms with van der Waals surface area (Å²) in [5.74, 6) is 0.429. The molecular weight excluding hydrogens is 318 g/mol. The highest BCUT2D eigenvalue weighted by atomic mass is 16.5. The van der Waals surface area contributed by atoms with Gasteiger partial charge in [-0.2, -0.15) is 0 Å². The number of rotatable bonds is 4. The molecule has 0 radical (unpaired) electrons. The zero-order valence-electron chi connectivity index (χ0n) is 14.1. The second kappa shape index (κ2) is 7.79. The molecule has 1 aromatic heterocycles. The number of hydrogen-bond donors (Lipinski definition) is 1. The van der Waals surface area contributed by atoms with Crippen molar-refractivity contribution in [2.24, 2.45) is 0 Å². The van der Waals surface area contributed by atoms with Crippen LogP contribution < -0.4 is 10.1 Å². The van der Waals surface area contributed by atoms with Crippen LogP contribution in [0.1, 0.15) is 33.6 Å². The minimum absolute atomic E-state index is 0.0110. The average molecular weight is 339 g/mol. The standard InChI is InChI=1S/C19H21N3O3/c1-25-17-5-3-2-4-16(17)18(23)21-15-8-12-22(13-9-15)19(24)14-6-10-20-11-7-14/h2-7,10-11,15H,8-9,12-13H2,1H3,(H,21,23). The first-order valence-corrected chi connectivity index (χ1v) is 8.32. The molecule has 0 saturated carbocycles. The minimum Gasteiger partial charge on any atom is -0.496 e. The third-order valence-corrected chi connectivity index (χ3v) is 4.40. The number of carbonyl (C=O) groups is 2. The number of benzene rings is 1. The number of piperidine rings is 1. The maximum absolute atomic E-state index is 12.5. The molecule has 0 atom stereocenters. The van der Waals surface area contributed by atoms with Crippen molar-refractivity contribution in [1.29, 1.82) is 0 Å². The highest BCUT2D eigenvalue weighted by Gasteiger charge is 2.25. The van der Waals surface area contributed by atoms with Gasteiger partial charge in [0, 0.05) is 37.1 Å². The predicted molar refractivity (Wildman–Crippen MR) is 93.6 cm³/mol. The number of ether oxygens (including phenoxy) is 1. The molecule has 25 heavy (non-hydrogen) atoms. The lowest BCUT2D eigenvalue weighted by atomic mass is 10.0. The molecule has 2 amide bonds. The lowest BCUT2D eigenvalue weighted by molar-refractivity contribution is 0.0698. The van der Waals surface area contributed by atoms with Gasteiger partial charge >= 0.3 is 0 Å². The van der Waals surface area contributed by atoms with Crippen molar-refractivity contribution in [2.45, 2.75) is 18.9 Å². The number of aromatic nitrogens is 1. The Bertz CT molecular complexity index is 741. The lowest BCUT2D eigenvalue weighted by Crippen LogP contribution is -2.46. The van der Waals surface area contributed by atoms with Crippen LogP contribution in [-0.4, -0.2) is 47.9 Å². The average Bonchev–Trinajstić information content (AvgIpc) is 2.68. The zero-order valence-corrected chi connectivity index (χ0v) is 14.1. The van der Waals surface area contributed by atoms with E-state index in [9.17, 15) is 9.59 Å². The first kappa shape index (κ1) is 17.0. The third-order valence-electron chi connectivity index (χ3n) is 4.40. The van der Waals surface area contributed by atoms with E-state index in [0.29, 0.717) is 30.0 Å². The predicted octanol–water partition coefficient (Wildman–Crippen LogP) is 2.12. The number of methoxy groups -OCH3 is 1. The molecule has 6 heteroatoms. The maximum Gasteiger partial charge on any atom is 0.255 e. The van der Waals surface area contributed by atoms with E-state index in [2.05, 4.69) is 10.3 Å². The zero-order chi connectivity index (χ0) is 17.6. The van der Waals surface area contributed by atoms with Crippen molar-refractivity contribution in [3.8, 4) is 5.75 Å². The highest BCUT2D eigenvalue weighted by molar-refractivity contribution is 5.97. The fourth-order valence-corrected chi connectivity index (χ4v) is 3.00. The van der Waals surface area contributed by atoms with Gasteiger partial charge in [0.15, 0.2) is 0 Å². The molecule has 130 valence electrons. The summed E-state index contributed by atoms with van der Waals surface area (Å²) in [4.78, 5) is 30.6. The Morgan fingerprint density at radius 1 is 1.12 bits per heavy atom. The first-order chi connectivity index (χ1) is 12.2. The Morgan fingerprint density at radius 2 is 1.80 bits per heavy atom. The molecular formula is C19H21N3O3. The summed E-state index contributed by atoms with van der Waals surface area (Å²) >= 11 is 0. The molecule has 0 aliphatic carbocycles. The van der Waals surface area contributed by atoms with Gasteiger partial charge in [0.2, 0.25) is 0 Å². The molecule has 0 unspecified atom stereocenters. The summed E-state index contributed by atoms with van der Waals surface area (Å²) in [6.45, 7) is 1.25. The first-order valence-electron chi connectivity index (χ1n) is 8.32. The van der Waals surface area contributed by atoms with Crippen molar-refractivity contribution in [3.63, 3.8) is 0 Å². The SMILES string of the molecule is COc1ccccc1C(=O)NC1CCN(C(=O)c2ccncc2)CC1. The Kier molecular flexibility index (Phi) is 5.28. The van der Waals surface area contributed by atoms with Crippen LogP contribution in [0.5, 0.6) is 5.75 Å². The van der Waals surface area contributed by atoms with E-state index in [-0.39, 0.29) is 17.9 Å². The molecule has 0 bridgehead atoms. The quantitative estimate of drug-likeness (QED) is 0.926. The second-order valence-corrected chi connectivity index (χ2v) is 5.98. The van der Waals surface area contributed by atoms with E-state index in [1.165, 1.54) is 0 Å². The molecule has 0 spiro atoms. The molecule has 1 aromatic carbocycles. The van der Waals surface area contributed by atoms with Gasteiger partial charge in [0.25, 0.3) is 11.8 Å². The van der Waals surface area contributed by atoms with Gasteiger partial charge in [-0.1, -0.05) is 12.1 Å². The summed E-state index contributed by atoms with van der Waals surface area (Å²) in [6, 6.07) is 10.7.